The van der Waals surface area contributed by atoms with Gasteiger partial charge < -0.3 is 9.64 Å². The Morgan fingerprint density at radius 2 is 2.46 bits per heavy atom. The molecule has 2 rings (SSSR count). The average molecular weight is 178 g/mol. The molecule has 0 bridgehead atoms. The maximum atomic E-state index is 8.79. The summed E-state index contributed by atoms with van der Waals surface area (Å²) < 4.78 is 5.73. The molecule has 0 unspecified atom stereocenters. The highest BCUT2D eigenvalue weighted by atomic mass is 16.5. The molecule has 0 saturated carbocycles. The molecule has 3 nitrogen and oxygen atoms in total. The molecule has 1 saturated heterocycles. The Balaban J connectivity index is 2.17. The van der Waals surface area contributed by atoms with Crippen molar-refractivity contribution in [3.8, 4) is 6.07 Å². The Kier molecular flexibility index (Phi) is 2.01. The summed E-state index contributed by atoms with van der Waals surface area (Å²) in [5, 5.41) is 8.79. The predicted molar refractivity (Wildman–Crippen MR) is 48.8 cm³/mol. The van der Waals surface area contributed by atoms with Crippen molar-refractivity contribution in [2.75, 3.05) is 7.05 Å². The molecule has 3 heteroatoms. The van der Waals surface area contributed by atoms with E-state index < -0.39 is 0 Å². The van der Waals surface area contributed by atoms with Crippen molar-refractivity contribution in [3.05, 3.63) is 11.8 Å². The maximum Gasteiger partial charge on any atom is 0.0963 e. The molecule has 0 amide bonds. The van der Waals surface area contributed by atoms with E-state index in [4.69, 9.17) is 10.00 Å². The van der Waals surface area contributed by atoms with Gasteiger partial charge >= 0.3 is 0 Å². The fourth-order valence-electron chi connectivity index (χ4n) is 2.23. The molecule has 0 aromatic carbocycles. The van der Waals surface area contributed by atoms with Gasteiger partial charge in [0.05, 0.1) is 24.3 Å². The average Bonchev–Trinajstić information content (AvgIpc) is 2.46. The number of ether oxygens (including phenoxy) is 1. The van der Waals surface area contributed by atoms with Gasteiger partial charge in [0.2, 0.25) is 0 Å². The number of nitrogens with zero attached hydrogens (tertiary/aromatic N) is 2. The molecule has 2 aliphatic rings. The van der Waals surface area contributed by atoms with Crippen LogP contribution in [0.3, 0.4) is 0 Å². The summed E-state index contributed by atoms with van der Waals surface area (Å²) in [6.07, 6.45) is 4.39. The van der Waals surface area contributed by atoms with Crippen LogP contribution < -0.4 is 0 Å². The summed E-state index contributed by atoms with van der Waals surface area (Å²) in [4.78, 5) is 2.12. The van der Waals surface area contributed by atoms with Crippen LogP contribution in [-0.2, 0) is 4.74 Å². The summed E-state index contributed by atoms with van der Waals surface area (Å²) >= 11 is 0. The van der Waals surface area contributed by atoms with Crippen molar-refractivity contribution < 1.29 is 4.74 Å². The summed E-state index contributed by atoms with van der Waals surface area (Å²) in [6, 6.07) is 2.68. The van der Waals surface area contributed by atoms with E-state index in [0.717, 1.165) is 18.4 Å². The molecular formula is C10H14N2O. The van der Waals surface area contributed by atoms with Crippen LogP contribution in [0.25, 0.3) is 0 Å². The third-order valence-corrected chi connectivity index (χ3v) is 2.86. The molecule has 0 radical (unpaired) electrons. The van der Waals surface area contributed by atoms with Crippen LogP contribution in [0.4, 0.5) is 0 Å². The fraction of sp³-hybridized carbons (Fsp3) is 0.700. The lowest BCUT2D eigenvalue weighted by atomic mass is 9.97. The van der Waals surface area contributed by atoms with Gasteiger partial charge in [-0.15, -0.1) is 0 Å². The minimum absolute atomic E-state index is 0.236. The van der Waals surface area contributed by atoms with E-state index in [1.165, 1.54) is 0 Å². The van der Waals surface area contributed by atoms with Crippen molar-refractivity contribution in [2.45, 2.75) is 38.0 Å². The highest BCUT2D eigenvalue weighted by Gasteiger charge is 2.37. The third kappa shape index (κ3) is 1.42. The van der Waals surface area contributed by atoms with E-state index in [-0.39, 0.29) is 6.10 Å². The Morgan fingerprint density at radius 1 is 1.69 bits per heavy atom. The van der Waals surface area contributed by atoms with Crippen LogP contribution >= 0.6 is 0 Å². The number of fused-ring (bicyclic) bond motifs is 1. The number of hydrogen-bond donors (Lipinski definition) is 0. The topological polar surface area (TPSA) is 36.3 Å². The molecule has 1 fully saturated rings. The molecule has 2 aliphatic heterocycles. The van der Waals surface area contributed by atoms with Crippen molar-refractivity contribution >= 4 is 0 Å². The van der Waals surface area contributed by atoms with Gasteiger partial charge in [0, 0.05) is 25.2 Å². The van der Waals surface area contributed by atoms with E-state index >= 15 is 0 Å². The number of nitriles is 1. The molecule has 3 atom stereocenters. The zero-order valence-electron chi connectivity index (χ0n) is 8.03. The first-order chi connectivity index (χ1) is 6.20. The highest BCUT2D eigenvalue weighted by Crippen LogP contribution is 2.32. The lowest BCUT2D eigenvalue weighted by molar-refractivity contribution is 0.0356. The Hall–Kier alpha value is -1.01. The van der Waals surface area contributed by atoms with Gasteiger partial charge in [-0.05, 0) is 13.3 Å². The van der Waals surface area contributed by atoms with E-state index in [9.17, 15) is 0 Å². The van der Waals surface area contributed by atoms with Gasteiger partial charge in [-0.3, -0.25) is 0 Å². The van der Waals surface area contributed by atoms with Gasteiger partial charge in [-0.1, -0.05) is 0 Å². The van der Waals surface area contributed by atoms with Crippen LogP contribution in [-0.4, -0.2) is 30.2 Å². The van der Waals surface area contributed by atoms with Gasteiger partial charge in [0.15, 0.2) is 0 Å². The van der Waals surface area contributed by atoms with Crippen LogP contribution in [0.5, 0.6) is 0 Å². The smallest absolute Gasteiger partial charge is 0.0963 e. The molecule has 0 aromatic rings. The SMILES string of the molecule is C[C@@H]1C[C@@H]2[C@@H](CC(C#N)=CN2C)O1. The van der Waals surface area contributed by atoms with E-state index in [2.05, 4.69) is 17.9 Å². The molecular weight excluding hydrogens is 164 g/mol. The zero-order chi connectivity index (χ0) is 9.42. The predicted octanol–water partition coefficient (Wildman–Crippen LogP) is 1.28. The molecule has 0 N–H and O–H groups in total. The molecule has 0 spiro atoms. The second-order valence-electron chi connectivity index (χ2n) is 3.92. The van der Waals surface area contributed by atoms with Gasteiger partial charge in [0.25, 0.3) is 0 Å². The molecule has 2 heterocycles. The van der Waals surface area contributed by atoms with Crippen LogP contribution in [0.2, 0.25) is 0 Å². The Morgan fingerprint density at radius 3 is 3.15 bits per heavy atom. The van der Waals surface area contributed by atoms with Gasteiger partial charge in [-0.25, -0.2) is 0 Å². The summed E-state index contributed by atoms with van der Waals surface area (Å²) in [6.45, 7) is 2.10. The third-order valence-electron chi connectivity index (χ3n) is 2.86. The number of likely N-dealkylation sites (N-methyl/N-ethyl adjacent to an activating group) is 1. The van der Waals surface area contributed by atoms with Crippen LogP contribution in [0.15, 0.2) is 11.8 Å². The second kappa shape index (κ2) is 3.04. The fourth-order valence-corrected chi connectivity index (χ4v) is 2.23. The van der Waals surface area contributed by atoms with Gasteiger partial charge in [-0.2, -0.15) is 5.26 Å². The summed E-state index contributed by atoms with van der Waals surface area (Å²) in [7, 11) is 2.02. The lowest BCUT2D eigenvalue weighted by Gasteiger charge is -2.31. The van der Waals surface area contributed by atoms with E-state index in [0.29, 0.717) is 12.1 Å². The lowest BCUT2D eigenvalue weighted by Crippen LogP contribution is -2.38. The van der Waals surface area contributed by atoms with E-state index in [1.54, 1.807) is 0 Å². The zero-order valence-corrected chi connectivity index (χ0v) is 8.03. The monoisotopic (exact) mass is 178 g/mol. The normalized spacial score (nSPS) is 38.1. The Bertz CT molecular complexity index is 279. The quantitative estimate of drug-likeness (QED) is 0.560. The molecule has 0 aromatic heterocycles. The first-order valence-electron chi connectivity index (χ1n) is 4.69. The van der Waals surface area contributed by atoms with Gasteiger partial charge in [0.1, 0.15) is 0 Å². The number of rotatable bonds is 0. The van der Waals surface area contributed by atoms with E-state index in [1.807, 2.05) is 13.2 Å². The van der Waals surface area contributed by atoms with Crippen molar-refractivity contribution in [1.82, 2.24) is 4.90 Å². The first-order valence-corrected chi connectivity index (χ1v) is 4.69. The van der Waals surface area contributed by atoms with Crippen molar-refractivity contribution in [3.63, 3.8) is 0 Å². The van der Waals surface area contributed by atoms with Crippen molar-refractivity contribution in [2.24, 2.45) is 0 Å². The molecule has 0 aliphatic carbocycles. The number of hydrogen-bond acceptors (Lipinski definition) is 3. The summed E-state index contributed by atoms with van der Waals surface area (Å²) in [5.41, 5.74) is 0.831. The van der Waals surface area contributed by atoms with Crippen LogP contribution in [0.1, 0.15) is 19.8 Å². The summed E-state index contributed by atoms with van der Waals surface area (Å²) in [5.74, 6) is 0. The molecule has 70 valence electrons. The second-order valence-corrected chi connectivity index (χ2v) is 3.92. The minimum Gasteiger partial charge on any atom is -0.374 e. The highest BCUT2D eigenvalue weighted by molar-refractivity contribution is 5.25. The Labute approximate surface area is 78.6 Å². The standard InChI is InChI=1S/C10H14N2O/c1-7-3-9-10(13-7)4-8(5-11)6-12(9)2/h6-7,9-10H,3-4H2,1-2H3/t7-,9-,10-/m1/s1. The minimum atomic E-state index is 0.236. The molecule has 13 heavy (non-hydrogen) atoms. The maximum absolute atomic E-state index is 8.79. The first kappa shape index (κ1) is 8.58. The largest absolute Gasteiger partial charge is 0.374 e. The van der Waals surface area contributed by atoms with Crippen LogP contribution in [0, 0.1) is 11.3 Å². The van der Waals surface area contributed by atoms with Crippen molar-refractivity contribution in [1.29, 1.82) is 5.26 Å².